The highest BCUT2D eigenvalue weighted by Gasteiger charge is 2.25. The summed E-state index contributed by atoms with van der Waals surface area (Å²) in [5.41, 5.74) is 1.07. The molecule has 1 fully saturated rings. The van der Waals surface area contributed by atoms with E-state index in [2.05, 4.69) is 5.32 Å². The van der Waals surface area contributed by atoms with Crippen LogP contribution in [-0.2, 0) is 14.8 Å². The van der Waals surface area contributed by atoms with E-state index >= 15 is 0 Å². The molecule has 0 saturated carbocycles. The highest BCUT2D eigenvalue weighted by molar-refractivity contribution is 7.89. The Kier molecular flexibility index (Phi) is 7.27. The molecular formula is C21H26N2O5S2. The first kappa shape index (κ1) is 22.5. The van der Waals surface area contributed by atoms with Crippen molar-refractivity contribution in [2.24, 2.45) is 0 Å². The number of aryl methyl sites for hydroxylation is 1. The second kappa shape index (κ2) is 9.72. The Bertz CT molecular complexity index is 1000. The molecule has 1 aromatic heterocycles. The van der Waals surface area contributed by atoms with Crippen molar-refractivity contribution in [2.45, 2.75) is 44.4 Å². The van der Waals surface area contributed by atoms with Crippen LogP contribution in [0.3, 0.4) is 0 Å². The highest BCUT2D eigenvalue weighted by Crippen LogP contribution is 2.28. The number of hydrogen-bond donors (Lipinski definition) is 1. The molecule has 9 heteroatoms. The van der Waals surface area contributed by atoms with Crippen molar-refractivity contribution in [3.05, 3.63) is 46.3 Å². The number of benzene rings is 1. The van der Waals surface area contributed by atoms with Gasteiger partial charge in [0, 0.05) is 18.7 Å². The van der Waals surface area contributed by atoms with E-state index in [9.17, 15) is 18.0 Å². The third-order valence-corrected chi connectivity index (χ3v) is 7.98. The van der Waals surface area contributed by atoms with Crippen LogP contribution in [-0.4, -0.2) is 44.3 Å². The highest BCUT2D eigenvalue weighted by atomic mass is 32.2. The number of esters is 1. The lowest BCUT2D eigenvalue weighted by atomic mass is 10.2. The van der Waals surface area contributed by atoms with Gasteiger partial charge in [-0.2, -0.15) is 4.31 Å². The standard InChI is InChI=1S/C21H26N2O5S2/c1-3-28-21(25)19-15(2)14-18(29-19)22-20(24)16-8-10-17(11-9-16)30(26,27)23-12-6-4-5-7-13-23/h8-11,14H,3-7,12-13H2,1-2H3,(H,22,24). The Hall–Kier alpha value is -2.23. The number of carbonyl (C=O) groups excluding carboxylic acids is 2. The minimum atomic E-state index is -3.55. The van der Waals surface area contributed by atoms with Gasteiger partial charge in [-0.3, -0.25) is 4.79 Å². The van der Waals surface area contributed by atoms with Crippen LogP contribution in [0.1, 0.15) is 58.2 Å². The Morgan fingerprint density at radius 1 is 1.10 bits per heavy atom. The van der Waals surface area contributed by atoms with E-state index in [1.807, 2.05) is 0 Å². The molecular weight excluding hydrogens is 424 g/mol. The first-order chi connectivity index (χ1) is 14.3. The zero-order valence-corrected chi connectivity index (χ0v) is 18.8. The molecule has 1 amide bonds. The van der Waals surface area contributed by atoms with Crippen LogP contribution in [0.2, 0.25) is 0 Å². The van der Waals surface area contributed by atoms with Gasteiger partial charge in [0.1, 0.15) is 4.88 Å². The molecule has 162 valence electrons. The fraction of sp³-hybridized carbons (Fsp3) is 0.429. The number of anilines is 1. The number of hydrogen-bond acceptors (Lipinski definition) is 6. The van der Waals surface area contributed by atoms with Crippen LogP contribution in [0.25, 0.3) is 0 Å². The van der Waals surface area contributed by atoms with Gasteiger partial charge in [0.2, 0.25) is 10.0 Å². The van der Waals surface area contributed by atoms with Crippen LogP contribution in [0.15, 0.2) is 35.2 Å². The quantitative estimate of drug-likeness (QED) is 0.670. The molecule has 0 bridgehead atoms. The lowest BCUT2D eigenvalue weighted by Gasteiger charge is -2.20. The van der Waals surface area contributed by atoms with Crippen LogP contribution in [0.4, 0.5) is 5.00 Å². The molecule has 0 unspecified atom stereocenters. The Balaban J connectivity index is 1.71. The van der Waals surface area contributed by atoms with Gasteiger partial charge in [-0.15, -0.1) is 11.3 Å². The van der Waals surface area contributed by atoms with Crippen molar-refractivity contribution in [1.29, 1.82) is 0 Å². The van der Waals surface area contributed by atoms with E-state index in [4.69, 9.17) is 4.74 Å². The lowest BCUT2D eigenvalue weighted by Crippen LogP contribution is -2.31. The Labute approximate surface area is 181 Å². The summed E-state index contributed by atoms with van der Waals surface area (Å²) < 4.78 is 32.2. The van der Waals surface area contributed by atoms with Gasteiger partial charge in [0.15, 0.2) is 0 Å². The maximum atomic E-state index is 12.9. The van der Waals surface area contributed by atoms with Crippen LogP contribution in [0.5, 0.6) is 0 Å². The van der Waals surface area contributed by atoms with Gasteiger partial charge < -0.3 is 10.1 Å². The van der Waals surface area contributed by atoms with Gasteiger partial charge in [-0.05, 0) is 62.6 Å². The Morgan fingerprint density at radius 2 is 1.73 bits per heavy atom. The van der Waals surface area contributed by atoms with Crippen LogP contribution < -0.4 is 5.32 Å². The van der Waals surface area contributed by atoms with E-state index < -0.39 is 16.0 Å². The molecule has 0 radical (unpaired) electrons. The molecule has 1 aliphatic rings. The van der Waals surface area contributed by atoms with Gasteiger partial charge in [0.05, 0.1) is 16.5 Å². The van der Waals surface area contributed by atoms with Crippen molar-refractivity contribution in [1.82, 2.24) is 4.31 Å². The maximum Gasteiger partial charge on any atom is 0.348 e. The van der Waals surface area contributed by atoms with Crippen LogP contribution >= 0.6 is 11.3 Å². The summed E-state index contributed by atoms with van der Waals surface area (Å²) in [6, 6.07) is 7.67. The van der Waals surface area contributed by atoms with Crippen molar-refractivity contribution in [3.8, 4) is 0 Å². The monoisotopic (exact) mass is 450 g/mol. The van der Waals surface area contributed by atoms with Crippen molar-refractivity contribution in [2.75, 3.05) is 25.0 Å². The lowest BCUT2D eigenvalue weighted by molar-refractivity contribution is 0.0531. The molecule has 0 aliphatic carbocycles. The first-order valence-electron chi connectivity index (χ1n) is 10.0. The molecule has 1 saturated heterocycles. The topological polar surface area (TPSA) is 92.8 Å². The fourth-order valence-electron chi connectivity index (χ4n) is 3.34. The summed E-state index contributed by atoms with van der Waals surface area (Å²) in [5.74, 6) is -0.783. The fourth-order valence-corrected chi connectivity index (χ4v) is 5.82. The number of amides is 1. The molecule has 7 nitrogen and oxygen atoms in total. The number of thiophene rings is 1. The summed E-state index contributed by atoms with van der Waals surface area (Å²) >= 11 is 1.15. The number of carbonyl (C=O) groups is 2. The van der Waals surface area contributed by atoms with Gasteiger partial charge >= 0.3 is 5.97 Å². The van der Waals surface area contributed by atoms with Crippen molar-refractivity contribution >= 4 is 38.2 Å². The largest absolute Gasteiger partial charge is 0.462 e. The maximum absolute atomic E-state index is 12.9. The molecule has 1 N–H and O–H groups in total. The minimum Gasteiger partial charge on any atom is -0.462 e. The number of sulfonamides is 1. The zero-order chi connectivity index (χ0) is 21.7. The Morgan fingerprint density at radius 3 is 2.33 bits per heavy atom. The second-order valence-electron chi connectivity index (χ2n) is 7.14. The summed E-state index contributed by atoms with van der Waals surface area (Å²) in [6.07, 6.45) is 3.83. The molecule has 2 heterocycles. The normalized spacial score (nSPS) is 15.4. The van der Waals surface area contributed by atoms with Gasteiger partial charge in [-0.25, -0.2) is 13.2 Å². The van der Waals surface area contributed by atoms with E-state index in [1.54, 1.807) is 19.9 Å². The molecule has 1 aliphatic heterocycles. The smallest absolute Gasteiger partial charge is 0.348 e. The average molecular weight is 451 g/mol. The molecule has 3 rings (SSSR count). The van der Waals surface area contributed by atoms with E-state index in [0.29, 0.717) is 28.5 Å². The van der Waals surface area contributed by atoms with Crippen molar-refractivity contribution in [3.63, 3.8) is 0 Å². The molecule has 0 spiro atoms. The summed E-state index contributed by atoms with van der Waals surface area (Å²) in [7, 11) is -3.55. The van der Waals surface area contributed by atoms with E-state index in [1.165, 1.54) is 28.6 Å². The zero-order valence-electron chi connectivity index (χ0n) is 17.1. The van der Waals surface area contributed by atoms with Gasteiger partial charge in [0.25, 0.3) is 5.91 Å². The molecule has 30 heavy (non-hydrogen) atoms. The van der Waals surface area contributed by atoms with Crippen molar-refractivity contribution < 1.29 is 22.7 Å². The predicted molar refractivity (Wildman–Crippen MR) is 117 cm³/mol. The minimum absolute atomic E-state index is 0.192. The summed E-state index contributed by atoms with van der Waals surface area (Å²) in [6.45, 7) is 4.86. The molecule has 2 aromatic rings. The number of rotatable bonds is 6. The van der Waals surface area contributed by atoms with E-state index in [-0.39, 0.29) is 17.4 Å². The average Bonchev–Trinajstić information content (AvgIpc) is 2.92. The summed E-state index contributed by atoms with van der Waals surface area (Å²) in [5, 5.41) is 3.29. The molecule has 1 aromatic carbocycles. The predicted octanol–water partition coefficient (Wildman–Crippen LogP) is 4.05. The SMILES string of the molecule is CCOC(=O)c1sc(NC(=O)c2ccc(S(=O)(=O)N3CCCCCC3)cc2)cc1C. The third kappa shape index (κ3) is 5.08. The second-order valence-corrected chi connectivity index (χ2v) is 10.1. The summed E-state index contributed by atoms with van der Waals surface area (Å²) in [4.78, 5) is 25.1. The van der Waals surface area contributed by atoms with Gasteiger partial charge in [-0.1, -0.05) is 12.8 Å². The number of nitrogens with one attached hydrogen (secondary N) is 1. The molecule has 0 atom stereocenters. The number of ether oxygens (including phenoxy) is 1. The first-order valence-corrected chi connectivity index (χ1v) is 12.3. The third-order valence-electron chi connectivity index (χ3n) is 4.93. The number of nitrogens with zero attached hydrogens (tertiary/aromatic N) is 1. The van der Waals surface area contributed by atoms with E-state index in [0.717, 1.165) is 42.6 Å². The van der Waals surface area contributed by atoms with Crippen LogP contribution in [0, 0.1) is 6.92 Å².